The normalized spacial score (nSPS) is 25.4. The molecule has 96 valence electrons. The molecule has 2 rings (SSSR count). The summed E-state index contributed by atoms with van der Waals surface area (Å²) in [6.07, 6.45) is 2.33. The number of hydrogen-bond acceptors (Lipinski definition) is 6. The molecule has 1 aliphatic rings. The number of rotatable bonds is 4. The summed E-state index contributed by atoms with van der Waals surface area (Å²) in [6.45, 7) is 2.29. The quantitative estimate of drug-likeness (QED) is 0.755. The minimum atomic E-state index is -0.985. The van der Waals surface area contributed by atoms with Crippen molar-refractivity contribution in [3.05, 3.63) is 11.7 Å². The van der Waals surface area contributed by atoms with Gasteiger partial charge in [0.05, 0.1) is 0 Å². The fourth-order valence-corrected chi connectivity index (χ4v) is 1.94. The van der Waals surface area contributed by atoms with Crippen molar-refractivity contribution in [3.63, 3.8) is 0 Å². The average molecular weight is 240 g/mol. The molecule has 1 aromatic heterocycles. The van der Waals surface area contributed by atoms with E-state index < -0.39 is 5.60 Å². The molecule has 0 spiro atoms. The van der Waals surface area contributed by atoms with Crippen molar-refractivity contribution in [2.24, 2.45) is 0 Å². The lowest BCUT2D eigenvalue weighted by Crippen LogP contribution is -2.43. The summed E-state index contributed by atoms with van der Waals surface area (Å²) < 4.78 is 5.17. The fraction of sp³-hybridized carbons (Fsp3) is 0.818. The van der Waals surface area contributed by atoms with Crippen molar-refractivity contribution in [1.29, 1.82) is 0 Å². The van der Waals surface area contributed by atoms with Crippen LogP contribution in [0.4, 0.5) is 0 Å². The summed E-state index contributed by atoms with van der Waals surface area (Å²) in [6, 6.07) is 0. The molecular formula is C11H20N4O2. The van der Waals surface area contributed by atoms with Gasteiger partial charge in [0.25, 0.3) is 5.89 Å². The molecule has 1 fully saturated rings. The Morgan fingerprint density at radius 2 is 2.35 bits per heavy atom. The van der Waals surface area contributed by atoms with Gasteiger partial charge in [0.1, 0.15) is 0 Å². The third-order valence-electron chi connectivity index (χ3n) is 3.01. The molecule has 2 N–H and O–H groups in total. The van der Waals surface area contributed by atoms with Crippen molar-refractivity contribution in [1.82, 2.24) is 20.4 Å². The lowest BCUT2D eigenvalue weighted by molar-refractivity contribution is -0.0167. The van der Waals surface area contributed by atoms with Crippen LogP contribution in [-0.2, 0) is 12.0 Å². The molecular weight excluding hydrogens is 220 g/mol. The minimum absolute atomic E-state index is 0.346. The van der Waals surface area contributed by atoms with Crippen LogP contribution in [0, 0.1) is 0 Å². The molecule has 0 aromatic carbocycles. The number of nitrogens with zero attached hydrogens (tertiary/aromatic N) is 3. The van der Waals surface area contributed by atoms with E-state index in [-0.39, 0.29) is 0 Å². The first kappa shape index (κ1) is 12.5. The predicted molar refractivity (Wildman–Crippen MR) is 62.6 cm³/mol. The lowest BCUT2D eigenvalue weighted by Gasteiger charge is -2.28. The zero-order chi connectivity index (χ0) is 12.3. The molecule has 0 amide bonds. The van der Waals surface area contributed by atoms with Gasteiger partial charge >= 0.3 is 0 Å². The Balaban J connectivity index is 2.01. The van der Waals surface area contributed by atoms with E-state index in [2.05, 4.69) is 20.4 Å². The second-order valence-corrected chi connectivity index (χ2v) is 4.88. The number of piperidine rings is 1. The molecule has 0 radical (unpaired) electrons. The van der Waals surface area contributed by atoms with Gasteiger partial charge in [-0.15, -0.1) is 0 Å². The maximum Gasteiger partial charge on any atom is 0.259 e. The second-order valence-electron chi connectivity index (χ2n) is 4.88. The van der Waals surface area contributed by atoms with Crippen LogP contribution >= 0.6 is 0 Å². The Labute approximate surface area is 101 Å². The number of hydrogen-bond donors (Lipinski definition) is 2. The smallest absolute Gasteiger partial charge is 0.259 e. The summed E-state index contributed by atoms with van der Waals surface area (Å²) in [5.74, 6) is 1.01. The Morgan fingerprint density at radius 1 is 1.53 bits per heavy atom. The molecule has 0 saturated carbocycles. The van der Waals surface area contributed by atoms with Gasteiger partial charge in [0, 0.05) is 19.5 Å². The van der Waals surface area contributed by atoms with Crippen LogP contribution in [0.1, 0.15) is 24.6 Å². The number of aliphatic hydroxyl groups is 1. The third-order valence-corrected chi connectivity index (χ3v) is 3.01. The minimum Gasteiger partial charge on any atom is -0.379 e. The first-order valence-electron chi connectivity index (χ1n) is 6.01. The van der Waals surface area contributed by atoms with Gasteiger partial charge < -0.3 is 19.8 Å². The first-order chi connectivity index (χ1) is 8.10. The van der Waals surface area contributed by atoms with E-state index in [9.17, 15) is 5.11 Å². The summed E-state index contributed by atoms with van der Waals surface area (Å²) >= 11 is 0. The molecule has 0 bridgehead atoms. The van der Waals surface area contributed by atoms with Gasteiger partial charge in [-0.3, -0.25) is 0 Å². The van der Waals surface area contributed by atoms with E-state index in [1.165, 1.54) is 0 Å². The summed E-state index contributed by atoms with van der Waals surface area (Å²) in [5.41, 5.74) is -0.985. The predicted octanol–water partition coefficient (Wildman–Crippen LogP) is -0.255. The molecule has 6 nitrogen and oxygen atoms in total. The standard InChI is InChI=1S/C11H20N4O2/c1-15(2)7-4-9-13-10(17-14-9)11(16)5-3-6-12-8-11/h12,16H,3-8H2,1-2H3. The monoisotopic (exact) mass is 240 g/mol. The van der Waals surface area contributed by atoms with Gasteiger partial charge in [0.2, 0.25) is 0 Å². The highest BCUT2D eigenvalue weighted by Gasteiger charge is 2.36. The SMILES string of the molecule is CN(C)CCc1noc(C2(O)CCCNC2)n1. The van der Waals surface area contributed by atoms with Crippen molar-refractivity contribution >= 4 is 0 Å². The van der Waals surface area contributed by atoms with Crippen LogP contribution in [0.15, 0.2) is 4.52 Å². The molecule has 0 aliphatic carbocycles. The lowest BCUT2D eigenvalue weighted by atomic mass is 9.94. The van der Waals surface area contributed by atoms with Crippen molar-refractivity contribution in [2.75, 3.05) is 33.7 Å². The van der Waals surface area contributed by atoms with Crippen molar-refractivity contribution in [2.45, 2.75) is 24.9 Å². The molecule has 2 heterocycles. The maximum absolute atomic E-state index is 10.4. The van der Waals surface area contributed by atoms with E-state index in [1.54, 1.807) is 0 Å². The molecule has 1 aromatic rings. The van der Waals surface area contributed by atoms with E-state index in [4.69, 9.17) is 4.52 Å². The number of β-amino-alcohol motifs (C(OH)–C–C–N with tert-alkyl or cyclic N) is 1. The molecule has 6 heteroatoms. The van der Waals surface area contributed by atoms with Crippen molar-refractivity contribution in [3.8, 4) is 0 Å². The largest absolute Gasteiger partial charge is 0.379 e. The average Bonchev–Trinajstić information content (AvgIpc) is 2.76. The number of nitrogens with one attached hydrogen (secondary N) is 1. The van der Waals surface area contributed by atoms with Gasteiger partial charge in [-0.2, -0.15) is 4.98 Å². The van der Waals surface area contributed by atoms with E-state index in [1.807, 2.05) is 14.1 Å². The highest BCUT2D eigenvalue weighted by molar-refractivity contribution is 5.02. The van der Waals surface area contributed by atoms with E-state index in [0.717, 1.165) is 25.9 Å². The molecule has 1 atom stereocenters. The highest BCUT2D eigenvalue weighted by Crippen LogP contribution is 2.26. The molecule has 1 unspecified atom stereocenters. The Morgan fingerprint density at radius 3 is 3.00 bits per heavy atom. The number of aromatic nitrogens is 2. The molecule has 1 aliphatic heterocycles. The second kappa shape index (κ2) is 5.12. The van der Waals surface area contributed by atoms with Crippen molar-refractivity contribution < 1.29 is 9.63 Å². The van der Waals surface area contributed by atoms with Gasteiger partial charge in [-0.1, -0.05) is 5.16 Å². The molecule has 17 heavy (non-hydrogen) atoms. The van der Waals surface area contributed by atoms with Gasteiger partial charge in [0.15, 0.2) is 11.4 Å². The first-order valence-corrected chi connectivity index (χ1v) is 6.01. The number of likely N-dealkylation sites (N-methyl/N-ethyl adjacent to an activating group) is 1. The van der Waals surface area contributed by atoms with Crippen LogP contribution in [-0.4, -0.2) is 53.9 Å². The Hall–Kier alpha value is -0.980. The zero-order valence-corrected chi connectivity index (χ0v) is 10.4. The van der Waals surface area contributed by atoms with Crippen LogP contribution in [0.3, 0.4) is 0 Å². The Kier molecular flexibility index (Phi) is 3.76. The van der Waals surface area contributed by atoms with E-state index >= 15 is 0 Å². The third kappa shape index (κ3) is 3.02. The summed E-state index contributed by atoms with van der Waals surface area (Å²) in [4.78, 5) is 6.35. The maximum atomic E-state index is 10.4. The summed E-state index contributed by atoms with van der Waals surface area (Å²) in [5, 5.41) is 17.4. The van der Waals surface area contributed by atoms with Crippen LogP contribution in [0.2, 0.25) is 0 Å². The van der Waals surface area contributed by atoms with Crippen LogP contribution in [0.25, 0.3) is 0 Å². The highest BCUT2D eigenvalue weighted by atomic mass is 16.5. The topological polar surface area (TPSA) is 74.4 Å². The summed E-state index contributed by atoms with van der Waals surface area (Å²) in [7, 11) is 4.00. The molecule has 1 saturated heterocycles. The van der Waals surface area contributed by atoms with Gasteiger partial charge in [-0.05, 0) is 33.5 Å². The van der Waals surface area contributed by atoms with Crippen LogP contribution in [0.5, 0.6) is 0 Å². The van der Waals surface area contributed by atoms with Crippen LogP contribution < -0.4 is 5.32 Å². The Bertz CT molecular complexity index is 358. The zero-order valence-electron chi connectivity index (χ0n) is 10.4. The fourth-order valence-electron chi connectivity index (χ4n) is 1.94. The van der Waals surface area contributed by atoms with E-state index in [0.29, 0.717) is 24.7 Å². The van der Waals surface area contributed by atoms with Gasteiger partial charge in [-0.25, -0.2) is 0 Å².